The predicted molar refractivity (Wildman–Crippen MR) is 96.2 cm³/mol. The molecule has 0 fully saturated rings. The van der Waals surface area contributed by atoms with E-state index in [4.69, 9.17) is 4.42 Å². The fraction of sp³-hybridized carbons (Fsp3) is 0.182. The maximum absolute atomic E-state index is 12.7. The third-order valence-corrected chi connectivity index (χ3v) is 4.63. The standard InChI is InChI=1S/C22H18O3/c1-22(2,3)14-10-8-13(9-11-14)18-12-17-19(23)15-6-4-5-7-16(15)20(24)21(17)25-18/h4-12H,1-3H3. The highest BCUT2D eigenvalue weighted by Crippen LogP contribution is 2.34. The minimum Gasteiger partial charge on any atom is -0.452 e. The van der Waals surface area contributed by atoms with E-state index in [0.717, 1.165) is 5.56 Å². The lowest BCUT2D eigenvalue weighted by molar-refractivity contribution is 0.0961. The summed E-state index contributed by atoms with van der Waals surface area (Å²) in [5.41, 5.74) is 3.33. The second-order valence-electron chi connectivity index (χ2n) is 7.38. The summed E-state index contributed by atoms with van der Waals surface area (Å²) in [6.45, 7) is 6.46. The van der Waals surface area contributed by atoms with Crippen molar-refractivity contribution in [1.29, 1.82) is 0 Å². The molecular formula is C22H18O3. The molecule has 25 heavy (non-hydrogen) atoms. The summed E-state index contributed by atoms with van der Waals surface area (Å²) in [7, 11) is 0. The minimum absolute atomic E-state index is 0.0640. The zero-order valence-electron chi connectivity index (χ0n) is 14.4. The van der Waals surface area contributed by atoms with Gasteiger partial charge >= 0.3 is 0 Å². The SMILES string of the molecule is CC(C)(C)c1ccc(-c2cc3c(o2)C(=O)c2ccccc2C3=O)cc1. The van der Waals surface area contributed by atoms with Gasteiger partial charge in [0.25, 0.3) is 0 Å². The molecule has 0 saturated heterocycles. The van der Waals surface area contributed by atoms with Crippen LogP contribution in [0.4, 0.5) is 0 Å². The highest BCUT2D eigenvalue weighted by atomic mass is 16.3. The fourth-order valence-corrected chi connectivity index (χ4v) is 3.15. The van der Waals surface area contributed by atoms with Crippen molar-refractivity contribution in [2.45, 2.75) is 26.2 Å². The third-order valence-electron chi connectivity index (χ3n) is 4.63. The Morgan fingerprint density at radius 3 is 1.96 bits per heavy atom. The minimum atomic E-state index is -0.234. The lowest BCUT2D eigenvalue weighted by Gasteiger charge is -2.18. The molecule has 0 atom stereocenters. The smallest absolute Gasteiger partial charge is 0.229 e. The van der Waals surface area contributed by atoms with Gasteiger partial charge in [0.1, 0.15) is 5.76 Å². The van der Waals surface area contributed by atoms with E-state index in [0.29, 0.717) is 22.5 Å². The highest BCUT2D eigenvalue weighted by Gasteiger charge is 2.33. The van der Waals surface area contributed by atoms with Crippen molar-refractivity contribution < 1.29 is 14.0 Å². The average Bonchev–Trinajstić information content (AvgIpc) is 3.05. The molecule has 0 N–H and O–H groups in total. The quantitative estimate of drug-likeness (QED) is 0.492. The number of benzene rings is 2. The van der Waals surface area contributed by atoms with Crippen LogP contribution in [0.1, 0.15) is 58.4 Å². The Balaban J connectivity index is 1.78. The average molecular weight is 330 g/mol. The first-order valence-electron chi connectivity index (χ1n) is 8.29. The number of rotatable bonds is 1. The molecule has 0 amide bonds. The van der Waals surface area contributed by atoms with Gasteiger partial charge < -0.3 is 4.42 Å². The van der Waals surface area contributed by atoms with Gasteiger partial charge in [0, 0.05) is 16.7 Å². The van der Waals surface area contributed by atoms with Crippen molar-refractivity contribution in [2.75, 3.05) is 0 Å². The first-order chi connectivity index (χ1) is 11.9. The molecular weight excluding hydrogens is 312 g/mol. The molecule has 124 valence electrons. The van der Waals surface area contributed by atoms with Gasteiger partial charge in [0.15, 0.2) is 11.5 Å². The Labute approximate surface area is 146 Å². The van der Waals surface area contributed by atoms with Crippen molar-refractivity contribution in [3.05, 3.63) is 82.6 Å². The third kappa shape index (κ3) is 2.43. The molecule has 0 bridgehead atoms. The summed E-state index contributed by atoms with van der Waals surface area (Å²) in [5.74, 6) is 0.285. The van der Waals surface area contributed by atoms with E-state index in [1.54, 1.807) is 30.3 Å². The highest BCUT2D eigenvalue weighted by molar-refractivity contribution is 6.27. The summed E-state index contributed by atoms with van der Waals surface area (Å²) in [6, 6.07) is 16.6. The van der Waals surface area contributed by atoms with Gasteiger partial charge in [0.05, 0.1) is 5.56 Å². The van der Waals surface area contributed by atoms with Gasteiger partial charge in [-0.15, -0.1) is 0 Å². The van der Waals surface area contributed by atoms with Crippen LogP contribution < -0.4 is 0 Å². The Morgan fingerprint density at radius 2 is 1.36 bits per heavy atom. The largest absolute Gasteiger partial charge is 0.452 e. The molecule has 1 aliphatic rings. The van der Waals surface area contributed by atoms with E-state index in [1.165, 1.54) is 5.56 Å². The molecule has 1 aliphatic carbocycles. The summed E-state index contributed by atoms with van der Waals surface area (Å²) in [6.07, 6.45) is 0. The van der Waals surface area contributed by atoms with Gasteiger partial charge in [0.2, 0.25) is 5.78 Å². The molecule has 4 rings (SSSR count). The van der Waals surface area contributed by atoms with E-state index < -0.39 is 0 Å². The molecule has 3 heteroatoms. The van der Waals surface area contributed by atoms with Crippen LogP contribution in [-0.4, -0.2) is 11.6 Å². The van der Waals surface area contributed by atoms with Crippen molar-refractivity contribution in [2.24, 2.45) is 0 Å². The Kier molecular flexibility index (Phi) is 3.29. The molecule has 0 unspecified atom stereocenters. The summed E-state index contributed by atoms with van der Waals surface area (Å²) in [4.78, 5) is 25.3. The van der Waals surface area contributed by atoms with E-state index in [2.05, 4.69) is 32.9 Å². The summed E-state index contributed by atoms with van der Waals surface area (Å²) < 4.78 is 5.79. The van der Waals surface area contributed by atoms with Crippen molar-refractivity contribution in [1.82, 2.24) is 0 Å². The normalized spacial score (nSPS) is 13.6. The van der Waals surface area contributed by atoms with Crippen molar-refractivity contribution >= 4 is 11.6 Å². The van der Waals surface area contributed by atoms with Crippen molar-refractivity contribution in [3.8, 4) is 11.3 Å². The lowest BCUT2D eigenvalue weighted by Crippen LogP contribution is -2.18. The first kappa shape index (κ1) is 15.6. The van der Waals surface area contributed by atoms with E-state index in [-0.39, 0.29) is 22.7 Å². The van der Waals surface area contributed by atoms with Gasteiger partial charge in [-0.1, -0.05) is 69.3 Å². The number of carbonyl (C=O) groups excluding carboxylic acids is 2. The van der Waals surface area contributed by atoms with Crippen LogP contribution in [0.15, 0.2) is 59.0 Å². The first-order valence-corrected chi connectivity index (χ1v) is 8.29. The Morgan fingerprint density at radius 1 is 0.760 bits per heavy atom. The molecule has 1 heterocycles. The monoisotopic (exact) mass is 330 g/mol. The number of fused-ring (bicyclic) bond motifs is 2. The second kappa shape index (κ2) is 5.28. The Bertz CT molecular complexity index is 946. The van der Waals surface area contributed by atoms with Gasteiger partial charge in [-0.25, -0.2) is 0 Å². The number of carbonyl (C=O) groups is 2. The molecule has 1 aromatic heterocycles. The zero-order valence-corrected chi connectivity index (χ0v) is 14.4. The van der Waals surface area contributed by atoms with Crippen LogP contribution in [-0.2, 0) is 5.41 Å². The molecule has 2 aromatic carbocycles. The fourth-order valence-electron chi connectivity index (χ4n) is 3.15. The molecule has 3 aromatic rings. The molecule has 0 aliphatic heterocycles. The van der Waals surface area contributed by atoms with Crippen LogP contribution >= 0.6 is 0 Å². The number of hydrogen-bond acceptors (Lipinski definition) is 3. The summed E-state index contributed by atoms with van der Waals surface area (Å²) >= 11 is 0. The number of hydrogen-bond donors (Lipinski definition) is 0. The van der Waals surface area contributed by atoms with Crippen LogP contribution in [0.5, 0.6) is 0 Å². The van der Waals surface area contributed by atoms with E-state index >= 15 is 0 Å². The maximum Gasteiger partial charge on any atom is 0.229 e. The predicted octanol–water partition coefficient (Wildman–Crippen LogP) is 5.02. The van der Waals surface area contributed by atoms with E-state index in [1.807, 2.05) is 12.1 Å². The zero-order chi connectivity index (χ0) is 17.8. The van der Waals surface area contributed by atoms with Crippen LogP contribution in [0.25, 0.3) is 11.3 Å². The van der Waals surface area contributed by atoms with Crippen molar-refractivity contribution in [3.63, 3.8) is 0 Å². The molecule has 0 spiro atoms. The van der Waals surface area contributed by atoms with Gasteiger partial charge in [-0.05, 0) is 17.0 Å². The molecule has 0 saturated carbocycles. The van der Waals surface area contributed by atoms with Crippen LogP contribution in [0.3, 0.4) is 0 Å². The maximum atomic E-state index is 12.7. The van der Waals surface area contributed by atoms with Gasteiger partial charge in [-0.2, -0.15) is 0 Å². The van der Waals surface area contributed by atoms with Gasteiger partial charge in [-0.3, -0.25) is 9.59 Å². The number of furan rings is 1. The lowest BCUT2D eigenvalue weighted by atomic mass is 9.86. The molecule has 0 radical (unpaired) electrons. The van der Waals surface area contributed by atoms with E-state index in [9.17, 15) is 9.59 Å². The topological polar surface area (TPSA) is 47.3 Å². The number of ketones is 2. The molecule has 3 nitrogen and oxygen atoms in total. The Hall–Kier alpha value is -2.94. The van der Waals surface area contributed by atoms with Crippen LogP contribution in [0, 0.1) is 0 Å². The van der Waals surface area contributed by atoms with Crippen LogP contribution in [0.2, 0.25) is 0 Å². The second-order valence-corrected chi connectivity index (χ2v) is 7.38. The summed E-state index contributed by atoms with van der Waals surface area (Å²) in [5, 5.41) is 0.